The molecular weight excluding hydrogens is 269 g/mol. The van der Waals surface area contributed by atoms with Crippen LogP contribution in [0.3, 0.4) is 0 Å². The highest BCUT2D eigenvalue weighted by Crippen LogP contribution is 2.23. The summed E-state index contributed by atoms with van der Waals surface area (Å²) in [6.45, 7) is 1.83. The van der Waals surface area contributed by atoms with Crippen LogP contribution in [0.25, 0.3) is 0 Å². The second-order valence-corrected chi connectivity index (χ2v) is 4.43. The van der Waals surface area contributed by atoms with E-state index in [2.05, 4.69) is 33.1 Å². The lowest BCUT2D eigenvalue weighted by atomic mass is 10.0. The summed E-state index contributed by atoms with van der Waals surface area (Å²) >= 11 is 3.30. The number of benzene rings is 1. The quantitative estimate of drug-likeness (QED) is 0.832. The van der Waals surface area contributed by atoms with E-state index in [0.29, 0.717) is 0 Å². The van der Waals surface area contributed by atoms with Gasteiger partial charge in [0.15, 0.2) is 0 Å². The van der Waals surface area contributed by atoms with Gasteiger partial charge in [-0.1, -0.05) is 15.9 Å². The van der Waals surface area contributed by atoms with Crippen molar-refractivity contribution in [3.63, 3.8) is 0 Å². The van der Waals surface area contributed by atoms with Crippen molar-refractivity contribution in [3.8, 4) is 11.8 Å². The van der Waals surface area contributed by atoms with Gasteiger partial charge in [-0.15, -0.1) is 11.8 Å². The largest absolute Gasteiger partial charge is 0.313 e. The zero-order valence-electron chi connectivity index (χ0n) is 9.48. The van der Waals surface area contributed by atoms with Crippen molar-refractivity contribution >= 4 is 15.9 Å². The molecule has 0 saturated carbocycles. The summed E-state index contributed by atoms with van der Waals surface area (Å²) in [5.74, 6) is 5.66. The second-order valence-electron chi connectivity index (χ2n) is 3.51. The van der Waals surface area contributed by atoms with Crippen molar-refractivity contribution in [1.82, 2.24) is 5.32 Å². The van der Waals surface area contributed by atoms with Gasteiger partial charge in [0.25, 0.3) is 0 Å². The van der Waals surface area contributed by atoms with Gasteiger partial charge < -0.3 is 5.32 Å². The Balaban J connectivity index is 2.80. The Morgan fingerprint density at radius 3 is 2.75 bits per heavy atom. The Morgan fingerprint density at radius 2 is 2.19 bits per heavy atom. The van der Waals surface area contributed by atoms with Gasteiger partial charge in [-0.05, 0) is 44.2 Å². The molecule has 0 aliphatic heterocycles. The first-order chi connectivity index (χ1) is 7.67. The zero-order valence-corrected chi connectivity index (χ0v) is 11.1. The van der Waals surface area contributed by atoms with Crippen LogP contribution in [0, 0.1) is 17.7 Å². The lowest BCUT2D eigenvalue weighted by Crippen LogP contribution is -2.16. The lowest BCUT2D eigenvalue weighted by molar-refractivity contribution is 0.549. The Labute approximate surface area is 105 Å². The lowest BCUT2D eigenvalue weighted by Gasteiger charge is -2.15. The number of rotatable bonds is 4. The van der Waals surface area contributed by atoms with Crippen molar-refractivity contribution in [1.29, 1.82) is 0 Å². The number of hydrogen-bond donors (Lipinski definition) is 1. The van der Waals surface area contributed by atoms with Crippen LogP contribution in [0.5, 0.6) is 0 Å². The van der Waals surface area contributed by atoms with Gasteiger partial charge in [0.1, 0.15) is 5.82 Å². The molecule has 1 rings (SSSR count). The first kappa shape index (κ1) is 13.2. The normalized spacial score (nSPS) is 11.8. The fourth-order valence-corrected chi connectivity index (χ4v) is 2.08. The summed E-state index contributed by atoms with van der Waals surface area (Å²) in [7, 11) is 1.88. The van der Waals surface area contributed by atoms with Crippen LogP contribution in [0.2, 0.25) is 0 Å². The summed E-state index contributed by atoms with van der Waals surface area (Å²) in [6, 6.07) is 5.10. The van der Waals surface area contributed by atoms with E-state index in [9.17, 15) is 4.39 Å². The molecule has 0 aliphatic carbocycles. The highest BCUT2D eigenvalue weighted by Gasteiger charge is 2.10. The Hall–Kier alpha value is -0.850. The van der Waals surface area contributed by atoms with Gasteiger partial charge in [-0.2, -0.15) is 0 Å². The van der Waals surface area contributed by atoms with E-state index in [0.717, 1.165) is 22.9 Å². The van der Waals surface area contributed by atoms with Crippen LogP contribution in [-0.2, 0) is 0 Å². The van der Waals surface area contributed by atoms with Crippen molar-refractivity contribution < 1.29 is 4.39 Å². The van der Waals surface area contributed by atoms with Gasteiger partial charge in [0, 0.05) is 16.9 Å². The highest BCUT2D eigenvalue weighted by molar-refractivity contribution is 9.10. The second kappa shape index (κ2) is 6.67. The molecule has 0 spiro atoms. The molecule has 16 heavy (non-hydrogen) atoms. The molecule has 0 aromatic heterocycles. The maximum Gasteiger partial charge on any atom is 0.124 e. The fraction of sp³-hybridized carbons (Fsp3) is 0.385. The molecule has 0 fully saturated rings. The van der Waals surface area contributed by atoms with E-state index in [1.165, 1.54) is 6.07 Å². The fourth-order valence-electron chi connectivity index (χ4n) is 1.60. The van der Waals surface area contributed by atoms with Gasteiger partial charge in [0.2, 0.25) is 0 Å². The van der Waals surface area contributed by atoms with E-state index < -0.39 is 0 Å². The minimum absolute atomic E-state index is 0.146. The molecule has 1 N–H and O–H groups in total. The van der Waals surface area contributed by atoms with E-state index in [1.54, 1.807) is 6.07 Å². The molecule has 0 amide bonds. The third-order valence-corrected chi connectivity index (χ3v) is 2.83. The van der Waals surface area contributed by atoms with Crippen LogP contribution >= 0.6 is 15.9 Å². The molecule has 1 atom stereocenters. The third-order valence-electron chi connectivity index (χ3n) is 2.37. The molecule has 0 radical (unpaired) electrons. The first-order valence-corrected chi connectivity index (χ1v) is 5.99. The molecule has 0 aliphatic rings. The monoisotopic (exact) mass is 283 g/mol. The molecule has 1 aromatic rings. The number of halogens is 2. The summed E-state index contributed by atoms with van der Waals surface area (Å²) in [4.78, 5) is 0. The van der Waals surface area contributed by atoms with Crippen LogP contribution in [0.15, 0.2) is 22.7 Å². The van der Waals surface area contributed by atoms with Gasteiger partial charge >= 0.3 is 0 Å². The average molecular weight is 284 g/mol. The number of hydrogen-bond acceptors (Lipinski definition) is 1. The molecule has 0 heterocycles. The Kier molecular flexibility index (Phi) is 5.51. The van der Waals surface area contributed by atoms with Crippen molar-refractivity contribution in [2.24, 2.45) is 0 Å². The van der Waals surface area contributed by atoms with Crippen LogP contribution in [-0.4, -0.2) is 7.05 Å². The van der Waals surface area contributed by atoms with Crippen molar-refractivity contribution in [2.75, 3.05) is 7.05 Å². The van der Waals surface area contributed by atoms with Crippen LogP contribution in [0.4, 0.5) is 4.39 Å². The predicted octanol–water partition coefficient (Wildman–Crippen LogP) is 3.65. The predicted molar refractivity (Wildman–Crippen MR) is 68.6 cm³/mol. The van der Waals surface area contributed by atoms with E-state index in [4.69, 9.17) is 0 Å². The smallest absolute Gasteiger partial charge is 0.124 e. The number of nitrogens with one attached hydrogen (secondary N) is 1. The van der Waals surface area contributed by atoms with Gasteiger partial charge in [0.05, 0.1) is 0 Å². The summed E-state index contributed by atoms with van der Waals surface area (Å²) in [5, 5.41) is 3.18. The van der Waals surface area contributed by atoms with E-state index in [-0.39, 0.29) is 11.9 Å². The molecule has 1 unspecified atom stereocenters. The Bertz CT molecular complexity index is 386. The molecule has 86 valence electrons. The first-order valence-electron chi connectivity index (χ1n) is 5.20. The van der Waals surface area contributed by atoms with Crippen molar-refractivity contribution in [2.45, 2.75) is 25.8 Å². The summed E-state index contributed by atoms with van der Waals surface area (Å²) in [6.07, 6.45) is 1.70. The van der Waals surface area contributed by atoms with Gasteiger partial charge in [-0.3, -0.25) is 0 Å². The molecular formula is C13H15BrFN. The standard InChI is InChI=1S/C13H15BrFN/c1-3-4-5-6-13(16-2)10-7-11(14)9-12(15)8-10/h7-9,13,16H,5-6H2,1-2H3. The van der Waals surface area contributed by atoms with Crippen LogP contribution < -0.4 is 5.32 Å². The van der Waals surface area contributed by atoms with Gasteiger partial charge in [-0.25, -0.2) is 4.39 Å². The third kappa shape index (κ3) is 3.96. The maximum atomic E-state index is 13.2. The topological polar surface area (TPSA) is 12.0 Å². The van der Waals surface area contributed by atoms with E-state index >= 15 is 0 Å². The van der Waals surface area contributed by atoms with Crippen LogP contribution in [0.1, 0.15) is 31.4 Å². The maximum absolute atomic E-state index is 13.2. The summed E-state index contributed by atoms with van der Waals surface area (Å²) < 4.78 is 14.0. The average Bonchev–Trinajstić information content (AvgIpc) is 2.23. The van der Waals surface area contributed by atoms with Crippen molar-refractivity contribution in [3.05, 3.63) is 34.1 Å². The zero-order chi connectivity index (χ0) is 12.0. The SMILES string of the molecule is CC#CCCC(NC)c1cc(F)cc(Br)c1. The molecule has 3 heteroatoms. The molecule has 0 bridgehead atoms. The molecule has 1 aromatic carbocycles. The minimum Gasteiger partial charge on any atom is -0.313 e. The molecule has 1 nitrogen and oxygen atoms in total. The summed E-state index contributed by atoms with van der Waals surface area (Å²) in [5.41, 5.74) is 0.951. The Morgan fingerprint density at radius 1 is 1.44 bits per heavy atom. The highest BCUT2D eigenvalue weighted by atomic mass is 79.9. The minimum atomic E-state index is -0.216. The van der Waals surface area contributed by atoms with E-state index in [1.807, 2.05) is 20.0 Å². The molecule has 0 saturated heterocycles.